The van der Waals surface area contributed by atoms with Gasteiger partial charge in [0.05, 0.1) is 5.92 Å². The van der Waals surface area contributed by atoms with Crippen LogP contribution in [0.5, 0.6) is 0 Å². The van der Waals surface area contributed by atoms with Crippen molar-refractivity contribution in [3.63, 3.8) is 0 Å². The number of allylic oxidation sites excluding steroid dienone is 2. The summed E-state index contributed by atoms with van der Waals surface area (Å²) in [7, 11) is 0. The maximum absolute atomic E-state index is 12.6. The molecule has 0 saturated heterocycles. The quantitative estimate of drug-likeness (QED) is 0.784. The van der Waals surface area contributed by atoms with E-state index in [1.54, 1.807) is 45.1 Å². The first kappa shape index (κ1) is 16.5. The normalized spacial score (nSPS) is 25.5. The standard InChI is InChI=1S/C16H24O4/c1-5-6-10-16(14(19)20-15(2,3)4)11-8-7-9-12(16)13(17)18/h7-9,11-12H,5-6,10H2,1-4H3,(H,17,18). The fourth-order valence-corrected chi connectivity index (χ4v) is 2.36. The number of hydrogen-bond acceptors (Lipinski definition) is 3. The molecule has 0 bridgehead atoms. The first-order valence-electron chi connectivity index (χ1n) is 7.05. The van der Waals surface area contributed by atoms with Crippen LogP contribution in [0.4, 0.5) is 0 Å². The van der Waals surface area contributed by atoms with Gasteiger partial charge in [-0.15, -0.1) is 0 Å². The van der Waals surface area contributed by atoms with Crippen LogP contribution in [0, 0.1) is 11.3 Å². The molecule has 0 aromatic rings. The molecular weight excluding hydrogens is 256 g/mol. The number of ether oxygens (including phenoxy) is 1. The van der Waals surface area contributed by atoms with Crippen molar-refractivity contribution >= 4 is 11.9 Å². The highest BCUT2D eigenvalue weighted by Gasteiger charge is 2.48. The molecule has 2 unspecified atom stereocenters. The minimum atomic E-state index is -1.09. The smallest absolute Gasteiger partial charge is 0.317 e. The molecule has 0 radical (unpaired) electrons. The highest BCUT2D eigenvalue weighted by Crippen LogP contribution is 2.41. The predicted molar refractivity (Wildman–Crippen MR) is 77.2 cm³/mol. The van der Waals surface area contributed by atoms with Gasteiger partial charge in [0.15, 0.2) is 0 Å². The summed E-state index contributed by atoms with van der Waals surface area (Å²) >= 11 is 0. The molecule has 1 N–H and O–H groups in total. The molecule has 4 heteroatoms. The average Bonchev–Trinajstić information content (AvgIpc) is 2.34. The third-order valence-corrected chi connectivity index (χ3v) is 3.35. The number of hydrogen-bond donors (Lipinski definition) is 1. The van der Waals surface area contributed by atoms with Crippen LogP contribution in [-0.4, -0.2) is 22.6 Å². The SMILES string of the molecule is CCCCC1(C(=O)OC(C)(C)C)C=CC=CC1C(=O)O. The van der Waals surface area contributed by atoms with E-state index in [0.29, 0.717) is 6.42 Å². The molecular formula is C16H24O4. The van der Waals surface area contributed by atoms with Gasteiger partial charge >= 0.3 is 11.9 Å². The Balaban J connectivity index is 3.14. The van der Waals surface area contributed by atoms with Crippen molar-refractivity contribution in [3.05, 3.63) is 24.3 Å². The summed E-state index contributed by atoms with van der Waals surface area (Å²) in [6, 6.07) is 0. The van der Waals surface area contributed by atoms with E-state index in [1.807, 2.05) is 6.92 Å². The van der Waals surface area contributed by atoms with Crippen molar-refractivity contribution in [2.75, 3.05) is 0 Å². The largest absolute Gasteiger partial charge is 0.481 e. The zero-order valence-electron chi connectivity index (χ0n) is 12.7. The Kier molecular flexibility index (Phi) is 5.15. The minimum Gasteiger partial charge on any atom is -0.481 e. The van der Waals surface area contributed by atoms with Crippen LogP contribution in [0.3, 0.4) is 0 Å². The Morgan fingerprint density at radius 2 is 1.95 bits per heavy atom. The van der Waals surface area contributed by atoms with Gasteiger partial charge in [-0.2, -0.15) is 0 Å². The van der Waals surface area contributed by atoms with Crippen LogP contribution in [0.2, 0.25) is 0 Å². The third kappa shape index (κ3) is 3.71. The monoisotopic (exact) mass is 280 g/mol. The van der Waals surface area contributed by atoms with Crippen LogP contribution in [-0.2, 0) is 14.3 Å². The lowest BCUT2D eigenvalue weighted by atomic mass is 9.69. The van der Waals surface area contributed by atoms with E-state index in [9.17, 15) is 14.7 Å². The van der Waals surface area contributed by atoms with Gasteiger partial charge in [0.1, 0.15) is 11.0 Å². The summed E-state index contributed by atoms with van der Waals surface area (Å²) in [6.45, 7) is 7.38. The van der Waals surface area contributed by atoms with Gasteiger partial charge in [-0.1, -0.05) is 44.1 Å². The zero-order valence-corrected chi connectivity index (χ0v) is 12.7. The zero-order chi connectivity index (χ0) is 15.4. The van der Waals surface area contributed by atoms with E-state index in [-0.39, 0.29) is 0 Å². The summed E-state index contributed by atoms with van der Waals surface area (Å²) in [5.74, 6) is -2.31. The number of carbonyl (C=O) groups is 2. The van der Waals surface area contributed by atoms with Gasteiger partial charge in [0.2, 0.25) is 0 Å². The maximum atomic E-state index is 12.6. The number of carboxylic acids is 1. The number of carbonyl (C=O) groups excluding carboxylic acids is 1. The highest BCUT2D eigenvalue weighted by molar-refractivity contribution is 5.88. The molecule has 0 aromatic heterocycles. The summed E-state index contributed by atoms with van der Waals surface area (Å²) in [4.78, 5) is 24.1. The van der Waals surface area contributed by atoms with Gasteiger partial charge < -0.3 is 9.84 Å². The predicted octanol–water partition coefficient (Wildman–Crippen LogP) is 3.33. The molecule has 0 aromatic carbocycles. The Bertz CT molecular complexity index is 428. The first-order chi connectivity index (χ1) is 9.23. The van der Waals surface area contributed by atoms with Crippen LogP contribution < -0.4 is 0 Å². The van der Waals surface area contributed by atoms with Crippen molar-refractivity contribution in [1.29, 1.82) is 0 Å². The van der Waals surface area contributed by atoms with E-state index in [4.69, 9.17) is 4.74 Å². The second kappa shape index (κ2) is 6.25. The van der Waals surface area contributed by atoms with Crippen LogP contribution in [0.1, 0.15) is 47.0 Å². The van der Waals surface area contributed by atoms with Gasteiger partial charge in [0.25, 0.3) is 0 Å². The van der Waals surface area contributed by atoms with E-state index in [0.717, 1.165) is 12.8 Å². The molecule has 1 rings (SSSR count). The third-order valence-electron chi connectivity index (χ3n) is 3.35. The molecule has 0 aliphatic heterocycles. The van der Waals surface area contributed by atoms with Crippen molar-refractivity contribution in [2.24, 2.45) is 11.3 Å². The molecule has 0 spiro atoms. The molecule has 4 nitrogen and oxygen atoms in total. The molecule has 112 valence electrons. The van der Waals surface area contributed by atoms with E-state index in [2.05, 4.69) is 0 Å². The molecule has 2 atom stereocenters. The number of aliphatic carboxylic acids is 1. The lowest BCUT2D eigenvalue weighted by Gasteiger charge is -2.36. The average molecular weight is 280 g/mol. The number of esters is 1. The summed E-state index contributed by atoms with van der Waals surface area (Å²) in [5, 5.41) is 9.43. The van der Waals surface area contributed by atoms with Crippen molar-refractivity contribution < 1.29 is 19.4 Å². The molecule has 0 amide bonds. The van der Waals surface area contributed by atoms with Gasteiger partial charge in [-0.25, -0.2) is 0 Å². The maximum Gasteiger partial charge on any atom is 0.317 e. The molecule has 1 aliphatic carbocycles. The fraction of sp³-hybridized carbons (Fsp3) is 0.625. The van der Waals surface area contributed by atoms with Gasteiger partial charge in [0, 0.05) is 0 Å². The molecule has 0 fully saturated rings. The highest BCUT2D eigenvalue weighted by atomic mass is 16.6. The Morgan fingerprint density at radius 3 is 2.45 bits per heavy atom. The minimum absolute atomic E-state index is 0.452. The van der Waals surface area contributed by atoms with Crippen LogP contribution in [0.25, 0.3) is 0 Å². The molecule has 0 saturated carbocycles. The molecule has 1 aliphatic rings. The van der Waals surface area contributed by atoms with Crippen molar-refractivity contribution in [1.82, 2.24) is 0 Å². The van der Waals surface area contributed by atoms with E-state index in [1.165, 1.54) is 0 Å². The summed E-state index contributed by atoms with van der Waals surface area (Å²) in [5.41, 5.74) is -1.72. The number of carboxylic acid groups (broad SMARTS) is 1. The lowest BCUT2D eigenvalue weighted by molar-refractivity contribution is -0.171. The Hall–Kier alpha value is -1.58. The Labute approximate surface area is 120 Å². The van der Waals surface area contributed by atoms with Crippen LogP contribution in [0.15, 0.2) is 24.3 Å². The second-order valence-corrected chi connectivity index (χ2v) is 6.21. The Morgan fingerprint density at radius 1 is 1.30 bits per heavy atom. The van der Waals surface area contributed by atoms with E-state index < -0.39 is 28.9 Å². The molecule has 0 heterocycles. The number of unbranched alkanes of at least 4 members (excludes halogenated alkanes) is 1. The fourth-order valence-electron chi connectivity index (χ4n) is 2.36. The second-order valence-electron chi connectivity index (χ2n) is 6.21. The lowest BCUT2D eigenvalue weighted by Crippen LogP contribution is -2.45. The first-order valence-corrected chi connectivity index (χ1v) is 7.05. The summed E-state index contributed by atoms with van der Waals surface area (Å²) < 4.78 is 5.47. The van der Waals surface area contributed by atoms with Gasteiger partial charge in [-0.3, -0.25) is 9.59 Å². The number of rotatable bonds is 5. The summed E-state index contributed by atoms with van der Waals surface area (Å²) in [6.07, 6.45) is 8.83. The van der Waals surface area contributed by atoms with Crippen molar-refractivity contribution in [2.45, 2.75) is 52.6 Å². The van der Waals surface area contributed by atoms with Crippen LogP contribution >= 0.6 is 0 Å². The van der Waals surface area contributed by atoms with Gasteiger partial charge in [-0.05, 0) is 27.2 Å². The van der Waals surface area contributed by atoms with E-state index >= 15 is 0 Å². The van der Waals surface area contributed by atoms with Crippen molar-refractivity contribution in [3.8, 4) is 0 Å². The molecule has 20 heavy (non-hydrogen) atoms. The topological polar surface area (TPSA) is 63.6 Å².